The molecule has 2 aromatic rings. The molecule has 142 valence electrons. The average Bonchev–Trinajstić information content (AvgIpc) is 2.67. The van der Waals surface area contributed by atoms with Gasteiger partial charge in [0.1, 0.15) is 5.75 Å². The molecule has 0 heterocycles. The third-order valence-electron chi connectivity index (χ3n) is 3.19. The van der Waals surface area contributed by atoms with Gasteiger partial charge in [0.15, 0.2) is 0 Å². The Hall–Kier alpha value is -3.20. The molecule has 0 unspecified atom stereocenters. The SMILES string of the molecule is O=C(O)Nc1ccc(C(=O)NNC(=O)CSCCOc2ccccc2)cc1. The van der Waals surface area contributed by atoms with Gasteiger partial charge >= 0.3 is 6.09 Å². The molecular formula is C18H19N3O5S. The number of nitrogens with one attached hydrogen (secondary N) is 3. The first-order chi connectivity index (χ1) is 13.0. The van der Waals surface area contributed by atoms with E-state index >= 15 is 0 Å². The Morgan fingerprint density at radius 1 is 0.963 bits per heavy atom. The predicted molar refractivity (Wildman–Crippen MR) is 103 cm³/mol. The molecule has 0 saturated heterocycles. The van der Waals surface area contributed by atoms with E-state index in [0.717, 1.165) is 5.75 Å². The number of amides is 3. The molecule has 0 radical (unpaired) electrons. The number of thioether (sulfide) groups is 1. The van der Waals surface area contributed by atoms with Crippen molar-refractivity contribution in [3.63, 3.8) is 0 Å². The van der Waals surface area contributed by atoms with E-state index in [1.54, 1.807) is 0 Å². The molecule has 4 N–H and O–H groups in total. The van der Waals surface area contributed by atoms with Crippen LogP contribution >= 0.6 is 11.8 Å². The van der Waals surface area contributed by atoms with Crippen molar-refractivity contribution in [3.8, 4) is 5.75 Å². The second kappa shape index (κ2) is 10.7. The van der Waals surface area contributed by atoms with Gasteiger partial charge in [-0.2, -0.15) is 0 Å². The van der Waals surface area contributed by atoms with Crippen molar-refractivity contribution in [1.82, 2.24) is 10.9 Å². The fourth-order valence-electron chi connectivity index (χ4n) is 1.96. The van der Waals surface area contributed by atoms with Crippen LogP contribution < -0.4 is 20.9 Å². The van der Waals surface area contributed by atoms with Gasteiger partial charge in [-0.05, 0) is 36.4 Å². The second-order valence-electron chi connectivity index (χ2n) is 5.22. The van der Waals surface area contributed by atoms with E-state index in [1.807, 2.05) is 30.3 Å². The highest BCUT2D eigenvalue weighted by Gasteiger charge is 2.08. The lowest BCUT2D eigenvalue weighted by atomic mass is 10.2. The lowest BCUT2D eigenvalue weighted by Crippen LogP contribution is -2.42. The Bertz CT molecular complexity index is 768. The van der Waals surface area contributed by atoms with E-state index in [4.69, 9.17) is 9.84 Å². The topological polar surface area (TPSA) is 117 Å². The molecule has 0 spiro atoms. The molecule has 0 aliphatic carbocycles. The van der Waals surface area contributed by atoms with Crippen LogP contribution in [-0.4, -0.2) is 41.1 Å². The minimum absolute atomic E-state index is 0.180. The van der Waals surface area contributed by atoms with Gasteiger partial charge in [-0.1, -0.05) is 18.2 Å². The first-order valence-corrected chi connectivity index (χ1v) is 9.15. The Morgan fingerprint density at radius 2 is 1.67 bits per heavy atom. The third-order valence-corrected chi connectivity index (χ3v) is 4.11. The summed E-state index contributed by atoms with van der Waals surface area (Å²) in [5, 5.41) is 10.8. The van der Waals surface area contributed by atoms with Crippen LogP contribution in [0, 0.1) is 0 Å². The largest absolute Gasteiger partial charge is 0.493 e. The average molecular weight is 389 g/mol. The summed E-state index contributed by atoms with van der Waals surface area (Å²) < 4.78 is 5.51. The summed E-state index contributed by atoms with van der Waals surface area (Å²) in [5.41, 5.74) is 5.26. The number of hydrazine groups is 1. The number of hydrogen-bond acceptors (Lipinski definition) is 5. The Balaban J connectivity index is 1.61. The molecule has 27 heavy (non-hydrogen) atoms. The summed E-state index contributed by atoms with van der Waals surface area (Å²) >= 11 is 1.38. The van der Waals surface area contributed by atoms with Crippen LogP contribution in [0.3, 0.4) is 0 Å². The molecule has 0 atom stereocenters. The fourth-order valence-corrected chi connectivity index (χ4v) is 2.57. The van der Waals surface area contributed by atoms with Gasteiger partial charge in [-0.3, -0.25) is 25.8 Å². The highest BCUT2D eigenvalue weighted by atomic mass is 32.2. The van der Waals surface area contributed by atoms with Gasteiger partial charge in [0.2, 0.25) is 5.91 Å². The van der Waals surface area contributed by atoms with E-state index in [1.165, 1.54) is 36.0 Å². The second-order valence-corrected chi connectivity index (χ2v) is 6.33. The maximum Gasteiger partial charge on any atom is 0.409 e. The zero-order valence-electron chi connectivity index (χ0n) is 14.3. The Labute approximate surface area is 160 Å². The van der Waals surface area contributed by atoms with Gasteiger partial charge < -0.3 is 9.84 Å². The molecule has 0 fully saturated rings. The van der Waals surface area contributed by atoms with Gasteiger partial charge in [0.25, 0.3) is 5.91 Å². The molecule has 9 heteroatoms. The molecule has 0 aromatic heterocycles. The molecular weight excluding hydrogens is 370 g/mol. The zero-order chi connectivity index (χ0) is 19.5. The number of anilines is 1. The quantitative estimate of drug-likeness (QED) is 0.407. The first kappa shape index (κ1) is 20.1. The van der Waals surface area contributed by atoms with Crippen LogP contribution in [0.15, 0.2) is 54.6 Å². The van der Waals surface area contributed by atoms with Gasteiger partial charge in [0.05, 0.1) is 12.4 Å². The maximum atomic E-state index is 11.9. The van der Waals surface area contributed by atoms with Crippen LogP contribution in [0.4, 0.5) is 10.5 Å². The number of hydrogen-bond donors (Lipinski definition) is 4. The molecule has 2 rings (SSSR count). The van der Waals surface area contributed by atoms with Gasteiger partial charge in [0, 0.05) is 17.0 Å². The number of carboxylic acid groups (broad SMARTS) is 1. The molecule has 0 saturated carbocycles. The van der Waals surface area contributed by atoms with Gasteiger partial charge in [-0.25, -0.2) is 4.79 Å². The lowest BCUT2D eigenvalue weighted by Gasteiger charge is -2.08. The predicted octanol–water partition coefficient (Wildman–Crippen LogP) is 2.35. The van der Waals surface area contributed by atoms with E-state index in [2.05, 4.69) is 16.2 Å². The number of rotatable bonds is 8. The van der Waals surface area contributed by atoms with E-state index in [0.29, 0.717) is 18.0 Å². The van der Waals surface area contributed by atoms with Crippen molar-refractivity contribution in [2.75, 3.05) is 23.4 Å². The van der Waals surface area contributed by atoms with Crippen molar-refractivity contribution in [3.05, 3.63) is 60.2 Å². The van der Waals surface area contributed by atoms with Gasteiger partial charge in [-0.15, -0.1) is 11.8 Å². The fraction of sp³-hybridized carbons (Fsp3) is 0.167. The minimum atomic E-state index is -1.19. The molecule has 0 aliphatic rings. The molecule has 8 nitrogen and oxygen atoms in total. The number of para-hydroxylation sites is 1. The monoisotopic (exact) mass is 389 g/mol. The van der Waals surface area contributed by atoms with Crippen LogP contribution in [0.5, 0.6) is 5.75 Å². The van der Waals surface area contributed by atoms with Crippen LogP contribution in [0.1, 0.15) is 10.4 Å². The third kappa shape index (κ3) is 7.70. The Kier molecular flexibility index (Phi) is 7.98. The molecule has 2 aromatic carbocycles. The summed E-state index contributed by atoms with van der Waals surface area (Å²) in [4.78, 5) is 34.2. The Morgan fingerprint density at radius 3 is 2.33 bits per heavy atom. The standard InChI is InChI=1S/C18H19N3O5S/c22-16(12-27-11-10-26-15-4-2-1-3-5-15)20-21-17(23)13-6-8-14(9-7-13)19-18(24)25/h1-9,19H,10-12H2,(H,20,22)(H,21,23)(H,24,25). The molecule has 3 amide bonds. The first-order valence-electron chi connectivity index (χ1n) is 7.99. The van der Waals surface area contributed by atoms with Crippen molar-refractivity contribution in [1.29, 1.82) is 0 Å². The number of ether oxygens (including phenoxy) is 1. The van der Waals surface area contributed by atoms with Crippen molar-refractivity contribution >= 4 is 35.4 Å². The highest BCUT2D eigenvalue weighted by Crippen LogP contribution is 2.10. The lowest BCUT2D eigenvalue weighted by molar-refractivity contribution is -0.119. The summed E-state index contributed by atoms with van der Waals surface area (Å²) in [6.07, 6.45) is -1.19. The van der Waals surface area contributed by atoms with Crippen LogP contribution in [0.2, 0.25) is 0 Å². The summed E-state index contributed by atoms with van der Waals surface area (Å²) in [6, 6.07) is 15.2. The number of carbonyl (C=O) groups excluding carboxylic acids is 2. The van der Waals surface area contributed by atoms with E-state index < -0.39 is 12.0 Å². The van der Waals surface area contributed by atoms with Crippen LogP contribution in [0.25, 0.3) is 0 Å². The van der Waals surface area contributed by atoms with Crippen molar-refractivity contribution in [2.24, 2.45) is 0 Å². The van der Waals surface area contributed by atoms with Crippen molar-refractivity contribution < 1.29 is 24.2 Å². The number of benzene rings is 2. The normalized spacial score (nSPS) is 9.93. The van der Waals surface area contributed by atoms with E-state index in [-0.39, 0.29) is 17.2 Å². The zero-order valence-corrected chi connectivity index (χ0v) is 15.1. The van der Waals surface area contributed by atoms with Crippen molar-refractivity contribution in [2.45, 2.75) is 0 Å². The van der Waals surface area contributed by atoms with E-state index in [9.17, 15) is 14.4 Å². The number of carbonyl (C=O) groups is 3. The smallest absolute Gasteiger partial charge is 0.409 e. The maximum absolute atomic E-state index is 11.9. The minimum Gasteiger partial charge on any atom is -0.493 e. The summed E-state index contributed by atoms with van der Waals surface area (Å²) in [6.45, 7) is 0.477. The summed E-state index contributed by atoms with van der Waals surface area (Å²) in [5.74, 6) is 0.757. The highest BCUT2D eigenvalue weighted by molar-refractivity contribution is 7.99. The summed E-state index contributed by atoms with van der Waals surface area (Å²) in [7, 11) is 0. The molecule has 0 aliphatic heterocycles. The molecule has 0 bridgehead atoms. The van der Waals surface area contributed by atoms with Crippen LogP contribution in [-0.2, 0) is 4.79 Å².